The summed E-state index contributed by atoms with van der Waals surface area (Å²) in [6.07, 6.45) is 0. The number of hydrogen-bond acceptors (Lipinski definition) is 3. The van der Waals surface area contributed by atoms with E-state index >= 15 is 0 Å². The number of hydrogen-bond donors (Lipinski definition) is 2. The highest BCUT2D eigenvalue weighted by atomic mass is 32.1. The van der Waals surface area contributed by atoms with Gasteiger partial charge in [-0.25, -0.2) is 0 Å². The molecule has 0 heterocycles. The summed E-state index contributed by atoms with van der Waals surface area (Å²) in [6, 6.07) is 27.2. The minimum absolute atomic E-state index is 0.181. The third-order valence-corrected chi connectivity index (χ3v) is 4.21. The quantitative estimate of drug-likeness (QED) is 0.651. The van der Waals surface area contributed by atoms with Crippen LogP contribution in [0.25, 0.3) is 0 Å². The Kier molecular flexibility index (Phi) is 6.49. The third-order valence-electron chi connectivity index (χ3n) is 3.93. The van der Waals surface area contributed by atoms with E-state index in [9.17, 15) is 9.59 Å². The van der Waals surface area contributed by atoms with Gasteiger partial charge >= 0.3 is 0 Å². The first-order chi connectivity index (χ1) is 13.6. The van der Waals surface area contributed by atoms with Crippen LogP contribution in [0.5, 0.6) is 0 Å². The number of rotatable bonds is 5. The molecular formula is C22H19N3O2S. The highest BCUT2D eigenvalue weighted by molar-refractivity contribution is 7.80. The Labute approximate surface area is 169 Å². The minimum Gasteiger partial charge on any atom is -0.343 e. The van der Waals surface area contributed by atoms with E-state index in [0.717, 1.165) is 5.69 Å². The molecule has 140 valence electrons. The number of nitrogens with zero attached hydrogens (tertiary/aromatic N) is 1. The molecule has 0 saturated heterocycles. The summed E-state index contributed by atoms with van der Waals surface area (Å²) in [5.74, 6) is -0.659. The van der Waals surface area contributed by atoms with Crippen molar-refractivity contribution in [2.75, 3.05) is 16.8 Å². The first kappa shape index (κ1) is 19.3. The predicted molar refractivity (Wildman–Crippen MR) is 115 cm³/mol. The maximum absolute atomic E-state index is 12.9. The lowest BCUT2D eigenvalue weighted by Crippen LogP contribution is -2.45. The molecule has 6 heteroatoms. The van der Waals surface area contributed by atoms with Gasteiger partial charge in [-0.15, -0.1) is 0 Å². The summed E-state index contributed by atoms with van der Waals surface area (Å²) in [5.41, 5.74) is 1.89. The predicted octanol–water partition coefficient (Wildman–Crippen LogP) is 3.85. The van der Waals surface area contributed by atoms with E-state index in [1.54, 1.807) is 36.4 Å². The van der Waals surface area contributed by atoms with E-state index in [1.165, 1.54) is 4.90 Å². The third kappa shape index (κ3) is 5.02. The highest BCUT2D eigenvalue weighted by Crippen LogP contribution is 2.16. The number of anilines is 2. The summed E-state index contributed by atoms with van der Waals surface area (Å²) < 4.78 is 0. The molecule has 3 aromatic carbocycles. The maximum atomic E-state index is 12.9. The Morgan fingerprint density at radius 2 is 1.32 bits per heavy atom. The van der Waals surface area contributed by atoms with E-state index in [2.05, 4.69) is 10.6 Å². The molecule has 0 atom stereocenters. The lowest BCUT2D eigenvalue weighted by Gasteiger charge is -2.24. The van der Waals surface area contributed by atoms with Crippen LogP contribution in [0.2, 0.25) is 0 Å². The molecule has 3 aromatic rings. The second-order valence-corrected chi connectivity index (χ2v) is 6.30. The molecule has 2 amide bonds. The van der Waals surface area contributed by atoms with Gasteiger partial charge < -0.3 is 10.6 Å². The smallest absolute Gasteiger partial charge is 0.252 e. The van der Waals surface area contributed by atoms with Crippen molar-refractivity contribution in [1.82, 2.24) is 5.32 Å². The molecule has 0 unspecified atom stereocenters. The van der Waals surface area contributed by atoms with E-state index in [1.807, 2.05) is 54.6 Å². The van der Waals surface area contributed by atoms with Crippen molar-refractivity contribution in [2.24, 2.45) is 0 Å². The zero-order valence-corrected chi connectivity index (χ0v) is 15.9. The van der Waals surface area contributed by atoms with Crippen molar-refractivity contribution in [3.05, 3.63) is 96.6 Å². The normalized spacial score (nSPS) is 10.0. The van der Waals surface area contributed by atoms with Crippen molar-refractivity contribution < 1.29 is 9.59 Å². The van der Waals surface area contributed by atoms with Crippen molar-refractivity contribution in [3.8, 4) is 0 Å². The number of amides is 2. The second kappa shape index (κ2) is 9.43. The summed E-state index contributed by atoms with van der Waals surface area (Å²) in [5, 5.41) is 5.95. The number of benzene rings is 3. The fourth-order valence-electron chi connectivity index (χ4n) is 2.58. The molecule has 0 bridgehead atoms. The summed E-state index contributed by atoms with van der Waals surface area (Å²) >= 11 is 5.47. The Bertz CT molecular complexity index is 947. The highest BCUT2D eigenvalue weighted by Gasteiger charge is 2.21. The van der Waals surface area contributed by atoms with Gasteiger partial charge in [0.25, 0.3) is 11.8 Å². The number of carbonyl (C=O) groups excluding carboxylic acids is 2. The van der Waals surface area contributed by atoms with Crippen LogP contribution < -0.4 is 15.5 Å². The summed E-state index contributed by atoms with van der Waals surface area (Å²) in [4.78, 5) is 26.5. The van der Waals surface area contributed by atoms with Gasteiger partial charge in [0.05, 0.1) is 12.2 Å². The minimum atomic E-state index is -0.344. The first-order valence-electron chi connectivity index (χ1n) is 8.72. The van der Waals surface area contributed by atoms with Gasteiger partial charge in [-0.05, 0) is 48.6 Å². The fourth-order valence-corrected chi connectivity index (χ4v) is 2.90. The standard InChI is InChI=1S/C22H19N3O2S/c26-20(16-23-21(27)17-10-4-1-5-11-17)25(19-14-8-3-9-15-19)22(28)24-18-12-6-2-7-13-18/h1-15H,16H2,(H,23,27)(H,24,28). The van der Waals surface area contributed by atoms with E-state index < -0.39 is 0 Å². The topological polar surface area (TPSA) is 61.4 Å². The number of carbonyl (C=O) groups is 2. The zero-order valence-electron chi connectivity index (χ0n) is 15.0. The van der Waals surface area contributed by atoms with Gasteiger partial charge in [-0.2, -0.15) is 0 Å². The number of para-hydroxylation sites is 2. The fraction of sp³-hybridized carbons (Fsp3) is 0.0455. The van der Waals surface area contributed by atoms with Crippen LogP contribution in [0.4, 0.5) is 11.4 Å². The van der Waals surface area contributed by atoms with Crippen LogP contribution in [0.1, 0.15) is 10.4 Å². The van der Waals surface area contributed by atoms with Crippen molar-refractivity contribution in [1.29, 1.82) is 0 Å². The Hall–Kier alpha value is -3.51. The Morgan fingerprint density at radius 3 is 1.93 bits per heavy atom. The van der Waals surface area contributed by atoms with Crippen LogP contribution >= 0.6 is 12.2 Å². The molecule has 0 fully saturated rings. The van der Waals surface area contributed by atoms with Crippen LogP contribution in [0.3, 0.4) is 0 Å². The Morgan fingerprint density at radius 1 is 0.786 bits per heavy atom. The van der Waals surface area contributed by atoms with Gasteiger partial charge in [0.15, 0.2) is 5.11 Å². The van der Waals surface area contributed by atoms with Crippen molar-refractivity contribution in [2.45, 2.75) is 0 Å². The van der Waals surface area contributed by atoms with Gasteiger partial charge in [0.1, 0.15) is 0 Å². The molecule has 0 aliphatic rings. The molecule has 28 heavy (non-hydrogen) atoms. The van der Waals surface area contributed by atoms with Crippen LogP contribution in [-0.2, 0) is 4.79 Å². The monoisotopic (exact) mass is 389 g/mol. The Balaban J connectivity index is 1.74. The molecule has 2 N–H and O–H groups in total. The summed E-state index contributed by atoms with van der Waals surface area (Å²) in [6.45, 7) is -0.181. The van der Waals surface area contributed by atoms with E-state index in [4.69, 9.17) is 12.2 Å². The molecule has 0 spiro atoms. The maximum Gasteiger partial charge on any atom is 0.252 e. The van der Waals surface area contributed by atoms with Crippen LogP contribution in [-0.4, -0.2) is 23.5 Å². The second-order valence-electron chi connectivity index (χ2n) is 5.91. The lowest BCUT2D eigenvalue weighted by atomic mass is 10.2. The number of thiocarbonyl (C=S) groups is 1. The van der Waals surface area contributed by atoms with E-state index in [-0.39, 0.29) is 23.5 Å². The van der Waals surface area contributed by atoms with Crippen molar-refractivity contribution in [3.63, 3.8) is 0 Å². The van der Waals surface area contributed by atoms with Gasteiger partial charge in [0, 0.05) is 11.3 Å². The average Bonchev–Trinajstić information content (AvgIpc) is 2.74. The SMILES string of the molecule is O=C(NCC(=O)N(C(=S)Nc1ccccc1)c1ccccc1)c1ccccc1. The molecular weight excluding hydrogens is 370 g/mol. The molecule has 0 saturated carbocycles. The molecule has 3 rings (SSSR count). The van der Waals surface area contributed by atoms with Crippen LogP contribution in [0, 0.1) is 0 Å². The number of nitrogens with one attached hydrogen (secondary N) is 2. The van der Waals surface area contributed by atoms with Gasteiger partial charge in [-0.3, -0.25) is 14.5 Å². The molecule has 0 aliphatic carbocycles. The zero-order chi connectivity index (χ0) is 19.8. The lowest BCUT2D eigenvalue weighted by molar-refractivity contribution is -0.116. The van der Waals surface area contributed by atoms with E-state index in [0.29, 0.717) is 11.3 Å². The summed E-state index contributed by atoms with van der Waals surface area (Å²) in [7, 11) is 0. The molecule has 0 aromatic heterocycles. The molecule has 5 nitrogen and oxygen atoms in total. The molecule has 0 aliphatic heterocycles. The van der Waals surface area contributed by atoms with Gasteiger partial charge in [-0.1, -0.05) is 54.6 Å². The average molecular weight is 389 g/mol. The van der Waals surface area contributed by atoms with Crippen LogP contribution in [0.15, 0.2) is 91.0 Å². The van der Waals surface area contributed by atoms with Gasteiger partial charge in [0.2, 0.25) is 0 Å². The van der Waals surface area contributed by atoms with Crippen molar-refractivity contribution >= 4 is 40.5 Å². The first-order valence-corrected chi connectivity index (χ1v) is 9.13. The molecule has 0 radical (unpaired) electrons. The largest absolute Gasteiger partial charge is 0.343 e.